The van der Waals surface area contributed by atoms with Gasteiger partial charge < -0.3 is 4.98 Å². The first kappa shape index (κ1) is 12.3. The third kappa shape index (κ3) is 1.78. The Balaban J connectivity index is 2.45. The fraction of sp³-hybridized carbons (Fsp3) is 0.455. The molecule has 0 unspecified atom stereocenters. The predicted molar refractivity (Wildman–Crippen MR) is 74.2 cm³/mol. The summed E-state index contributed by atoms with van der Waals surface area (Å²) in [5.74, 6) is 1.13. The number of unbranched alkanes of at least 4 members (excludes halogenated alkanes) is 1. The first-order valence-corrected chi connectivity index (χ1v) is 6.92. The average molecular weight is 325 g/mol. The molecule has 0 bridgehead atoms. The molecule has 0 spiro atoms. The Bertz CT molecular complexity index is 810. The van der Waals surface area contributed by atoms with Crippen LogP contribution in [-0.4, -0.2) is 29.1 Å². The van der Waals surface area contributed by atoms with Gasteiger partial charge in [-0.3, -0.25) is 9.36 Å². The SMILES string of the molecule is CCCCn1c2nc(Br)[nH]c2c(=O)n2c(C)nnc12. The zero-order valence-electron chi connectivity index (χ0n) is 10.6. The quantitative estimate of drug-likeness (QED) is 0.742. The fourth-order valence-corrected chi connectivity index (χ4v) is 2.54. The summed E-state index contributed by atoms with van der Waals surface area (Å²) < 4.78 is 3.99. The molecule has 0 amide bonds. The Morgan fingerprint density at radius 1 is 1.37 bits per heavy atom. The average Bonchev–Trinajstić information content (AvgIpc) is 2.94. The van der Waals surface area contributed by atoms with Crippen molar-refractivity contribution >= 4 is 32.9 Å². The van der Waals surface area contributed by atoms with Crippen LogP contribution in [0.25, 0.3) is 16.9 Å². The second-order valence-corrected chi connectivity index (χ2v) is 5.17. The molecule has 0 atom stereocenters. The maximum atomic E-state index is 12.4. The van der Waals surface area contributed by atoms with Gasteiger partial charge in [0, 0.05) is 6.54 Å². The molecule has 8 heteroatoms. The number of fused-ring (bicyclic) bond motifs is 2. The third-order valence-corrected chi connectivity index (χ3v) is 3.49. The van der Waals surface area contributed by atoms with Crippen molar-refractivity contribution in [1.82, 2.24) is 29.1 Å². The second-order valence-electron chi connectivity index (χ2n) is 4.42. The lowest BCUT2D eigenvalue weighted by atomic mass is 10.3. The fourth-order valence-electron chi connectivity index (χ4n) is 2.17. The number of nitrogens with zero attached hydrogens (tertiary/aromatic N) is 5. The molecule has 0 aliphatic rings. The van der Waals surface area contributed by atoms with E-state index >= 15 is 0 Å². The smallest absolute Gasteiger partial charge is 0.286 e. The van der Waals surface area contributed by atoms with E-state index in [1.165, 1.54) is 4.40 Å². The first-order chi connectivity index (χ1) is 9.13. The minimum Gasteiger partial charge on any atom is -0.327 e. The van der Waals surface area contributed by atoms with E-state index in [0.717, 1.165) is 19.4 Å². The van der Waals surface area contributed by atoms with Crippen molar-refractivity contribution in [3.05, 3.63) is 20.9 Å². The number of aromatic amines is 1. The maximum Gasteiger partial charge on any atom is 0.286 e. The Labute approximate surface area is 116 Å². The number of hydrogen-bond donors (Lipinski definition) is 1. The molecule has 1 N–H and O–H groups in total. The second kappa shape index (κ2) is 4.44. The topological polar surface area (TPSA) is 80.9 Å². The summed E-state index contributed by atoms with van der Waals surface area (Å²) in [4.78, 5) is 19.7. The number of aromatic nitrogens is 6. The van der Waals surface area contributed by atoms with Crippen LogP contribution in [0.1, 0.15) is 25.6 Å². The van der Waals surface area contributed by atoms with Gasteiger partial charge in [0.2, 0.25) is 5.78 Å². The van der Waals surface area contributed by atoms with Crippen LogP contribution in [0.2, 0.25) is 0 Å². The molecule has 3 aromatic rings. The minimum atomic E-state index is -0.168. The Hall–Kier alpha value is -1.70. The summed E-state index contributed by atoms with van der Waals surface area (Å²) in [7, 11) is 0. The standard InChI is InChI=1S/C11H13BrN6O/c1-3-4-5-17-8-7(13-10(12)14-8)9(19)18-6(2)15-16-11(17)18/h3-5H2,1-2H3,(H,13,14). The first-order valence-electron chi connectivity index (χ1n) is 6.13. The van der Waals surface area contributed by atoms with E-state index in [-0.39, 0.29) is 5.56 Å². The number of rotatable bonds is 3. The summed E-state index contributed by atoms with van der Waals surface area (Å²) in [6.07, 6.45) is 2.04. The van der Waals surface area contributed by atoms with Crippen molar-refractivity contribution in [2.75, 3.05) is 0 Å². The molecule has 7 nitrogen and oxygen atoms in total. The molecule has 0 aliphatic heterocycles. The number of H-pyrrole nitrogens is 1. The van der Waals surface area contributed by atoms with Gasteiger partial charge in [-0.2, -0.15) is 0 Å². The molecule has 0 aromatic carbocycles. The lowest BCUT2D eigenvalue weighted by Crippen LogP contribution is -2.20. The monoisotopic (exact) mass is 324 g/mol. The van der Waals surface area contributed by atoms with Gasteiger partial charge in [-0.15, -0.1) is 10.2 Å². The molecule has 0 aliphatic carbocycles. The van der Waals surface area contributed by atoms with E-state index in [0.29, 0.717) is 27.5 Å². The van der Waals surface area contributed by atoms with Gasteiger partial charge in [-0.05, 0) is 29.3 Å². The van der Waals surface area contributed by atoms with E-state index in [1.54, 1.807) is 6.92 Å². The number of hydrogen-bond acceptors (Lipinski definition) is 4. The van der Waals surface area contributed by atoms with Crippen LogP contribution < -0.4 is 5.56 Å². The predicted octanol–water partition coefficient (Wildman–Crippen LogP) is 1.64. The Morgan fingerprint density at radius 2 is 2.16 bits per heavy atom. The van der Waals surface area contributed by atoms with Gasteiger partial charge in [0.15, 0.2) is 15.9 Å². The summed E-state index contributed by atoms with van der Waals surface area (Å²) in [6, 6.07) is 0. The van der Waals surface area contributed by atoms with Crippen LogP contribution in [0.3, 0.4) is 0 Å². The number of aryl methyl sites for hydroxylation is 2. The summed E-state index contributed by atoms with van der Waals surface area (Å²) in [6.45, 7) is 4.64. The summed E-state index contributed by atoms with van der Waals surface area (Å²) >= 11 is 3.28. The zero-order valence-corrected chi connectivity index (χ0v) is 12.2. The summed E-state index contributed by atoms with van der Waals surface area (Å²) in [5, 5.41) is 8.09. The van der Waals surface area contributed by atoms with Crippen LogP contribution >= 0.6 is 15.9 Å². The molecular weight excluding hydrogens is 312 g/mol. The highest BCUT2D eigenvalue weighted by Crippen LogP contribution is 2.15. The lowest BCUT2D eigenvalue weighted by Gasteiger charge is -2.08. The zero-order chi connectivity index (χ0) is 13.6. The van der Waals surface area contributed by atoms with Crippen LogP contribution in [0.4, 0.5) is 0 Å². The normalized spacial score (nSPS) is 11.7. The molecule has 100 valence electrons. The maximum absolute atomic E-state index is 12.4. The highest BCUT2D eigenvalue weighted by Gasteiger charge is 2.17. The van der Waals surface area contributed by atoms with Gasteiger partial charge in [-0.25, -0.2) is 9.38 Å². The molecule has 19 heavy (non-hydrogen) atoms. The Morgan fingerprint density at radius 3 is 2.89 bits per heavy atom. The van der Waals surface area contributed by atoms with Gasteiger partial charge in [0.1, 0.15) is 5.82 Å². The largest absolute Gasteiger partial charge is 0.327 e. The van der Waals surface area contributed by atoms with E-state index in [9.17, 15) is 4.79 Å². The van der Waals surface area contributed by atoms with Crippen molar-refractivity contribution in [2.24, 2.45) is 0 Å². The molecule has 0 saturated carbocycles. The van der Waals surface area contributed by atoms with Gasteiger partial charge >= 0.3 is 0 Å². The van der Waals surface area contributed by atoms with Crippen molar-refractivity contribution in [3.63, 3.8) is 0 Å². The van der Waals surface area contributed by atoms with Crippen LogP contribution in [0.15, 0.2) is 9.53 Å². The number of imidazole rings is 1. The van der Waals surface area contributed by atoms with Crippen molar-refractivity contribution in [1.29, 1.82) is 0 Å². The molecule has 0 radical (unpaired) electrons. The van der Waals surface area contributed by atoms with Crippen molar-refractivity contribution in [2.45, 2.75) is 33.2 Å². The molecule has 3 aromatic heterocycles. The highest BCUT2D eigenvalue weighted by atomic mass is 79.9. The molecular formula is C11H13BrN6O. The van der Waals surface area contributed by atoms with Crippen LogP contribution in [-0.2, 0) is 6.54 Å². The van der Waals surface area contributed by atoms with E-state index in [2.05, 4.69) is 43.0 Å². The van der Waals surface area contributed by atoms with Crippen molar-refractivity contribution < 1.29 is 0 Å². The van der Waals surface area contributed by atoms with Crippen molar-refractivity contribution in [3.8, 4) is 0 Å². The minimum absolute atomic E-state index is 0.168. The van der Waals surface area contributed by atoms with E-state index in [4.69, 9.17) is 0 Å². The molecule has 3 rings (SSSR count). The van der Waals surface area contributed by atoms with E-state index < -0.39 is 0 Å². The number of halogens is 1. The molecule has 0 fully saturated rings. The number of nitrogens with one attached hydrogen (secondary N) is 1. The van der Waals surface area contributed by atoms with Gasteiger partial charge in [0.05, 0.1) is 0 Å². The highest BCUT2D eigenvalue weighted by molar-refractivity contribution is 9.10. The lowest BCUT2D eigenvalue weighted by molar-refractivity contribution is 0.643. The van der Waals surface area contributed by atoms with Crippen LogP contribution in [0.5, 0.6) is 0 Å². The summed E-state index contributed by atoms with van der Waals surface area (Å²) in [5.41, 5.74) is 0.919. The molecule has 3 heterocycles. The van der Waals surface area contributed by atoms with Gasteiger partial charge in [-0.1, -0.05) is 13.3 Å². The Kier molecular flexibility index (Phi) is 2.89. The van der Waals surface area contributed by atoms with E-state index in [1.807, 2.05) is 4.57 Å². The molecule has 0 saturated heterocycles. The van der Waals surface area contributed by atoms with Gasteiger partial charge in [0.25, 0.3) is 5.56 Å². The van der Waals surface area contributed by atoms with Crippen LogP contribution in [0, 0.1) is 6.92 Å². The third-order valence-electron chi connectivity index (χ3n) is 3.11.